The van der Waals surface area contributed by atoms with Gasteiger partial charge in [-0.2, -0.15) is 18.2 Å². The summed E-state index contributed by atoms with van der Waals surface area (Å²) in [7, 11) is 0. The summed E-state index contributed by atoms with van der Waals surface area (Å²) in [5, 5.41) is 2.05. The summed E-state index contributed by atoms with van der Waals surface area (Å²) >= 11 is 4.42. The molecule has 1 amide bonds. The lowest BCUT2D eigenvalue weighted by atomic mass is 10.2. The van der Waals surface area contributed by atoms with Crippen molar-refractivity contribution in [1.82, 2.24) is 4.98 Å². The van der Waals surface area contributed by atoms with E-state index in [2.05, 4.69) is 22.2 Å². The minimum atomic E-state index is -4.52. The molecular formula is C11H8F3N3OS. The van der Waals surface area contributed by atoms with Gasteiger partial charge in [0.2, 0.25) is 5.91 Å². The monoisotopic (exact) mass is 287 g/mol. The Balaban J connectivity index is 2.53. The first-order valence-corrected chi connectivity index (χ1v) is 5.80. The van der Waals surface area contributed by atoms with Crippen LogP contribution in [0.1, 0.15) is 18.4 Å². The van der Waals surface area contributed by atoms with Crippen molar-refractivity contribution in [1.29, 1.82) is 0 Å². The SMILES string of the molecule is O=C1CCCN1c1cc(C(F)(F)F)cnc1N=C=S. The van der Waals surface area contributed by atoms with Crippen LogP contribution in [0.15, 0.2) is 17.3 Å². The topological polar surface area (TPSA) is 45.6 Å². The van der Waals surface area contributed by atoms with Gasteiger partial charge in [-0.25, -0.2) is 4.98 Å². The molecule has 1 aliphatic rings. The van der Waals surface area contributed by atoms with Gasteiger partial charge in [0.25, 0.3) is 0 Å². The predicted octanol–water partition coefficient (Wildman–Crippen LogP) is 2.96. The summed E-state index contributed by atoms with van der Waals surface area (Å²) in [6.07, 6.45) is -2.97. The highest BCUT2D eigenvalue weighted by molar-refractivity contribution is 7.78. The van der Waals surface area contributed by atoms with Crippen LogP contribution >= 0.6 is 12.2 Å². The number of rotatable bonds is 2. The van der Waals surface area contributed by atoms with Crippen molar-refractivity contribution in [2.75, 3.05) is 11.4 Å². The molecule has 4 nitrogen and oxygen atoms in total. The number of aliphatic imine (C=N–C) groups is 1. The molecular weight excluding hydrogens is 279 g/mol. The van der Waals surface area contributed by atoms with Gasteiger partial charge in [-0.05, 0) is 24.7 Å². The Morgan fingerprint density at radius 1 is 1.47 bits per heavy atom. The lowest BCUT2D eigenvalue weighted by Crippen LogP contribution is -2.24. The van der Waals surface area contributed by atoms with E-state index in [0.29, 0.717) is 25.6 Å². The zero-order valence-corrected chi connectivity index (χ0v) is 10.4. The van der Waals surface area contributed by atoms with E-state index in [0.717, 1.165) is 6.07 Å². The molecule has 0 saturated carbocycles. The summed E-state index contributed by atoms with van der Waals surface area (Å²) in [5.74, 6) is -0.278. The molecule has 0 aromatic carbocycles. The van der Waals surface area contributed by atoms with Gasteiger partial charge >= 0.3 is 6.18 Å². The maximum Gasteiger partial charge on any atom is 0.417 e. The van der Waals surface area contributed by atoms with Crippen molar-refractivity contribution >= 4 is 34.8 Å². The minimum absolute atomic E-state index is 0.0228. The zero-order valence-electron chi connectivity index (χ0n) is 9.57. The molecule has 100 valence electrons. The summed E-state index contributed by atoms with van der Waals surface area (Å²) in [5.41, 5.74) is -0.903. The van der Waals surface area contributed by atoms with Gasteiger partial charge in [0.15, 0.2) is 5.82 Å². The van der Waals surface area contributed by atoms with Gasteiger partial charge in [0, 0.05) is 19.2 Å². The van der Waals surface area contributed by atoms with E-state index in [4.69, 9.17) is 0 Å². The molecule has 2 heterocycles. The Morgan fingerprint density at radius 2 is 2.21 bits per heavy atom. The zero-order chi connectivity index (χ0) is 14.0. The van der Waals surface area contributed by atoms with Crippen LogP contribution in [0.5, 0.6) is 0 Å². The van der Waals surface area contributed by atoms with Gasteiger partial charge < -0.3 is 4.90 Å². The fraction of sp³-hybridized carbons (Fsp3) is 0.364. The van der Waals surface area contributed by atoms with E-state index in [1.54, 1.807) is 0 Å². The first-order valence-electron chi connectivity index (χ1n) is 5.39. The molecule has 0 radical (unpaired) electrons. The average Bonchev–Trinajstić information content (AvgIpc) is 2.75. The van der Waals surface area contributed by atoms with E-state index in [9.17, 15) is 18.0 Å². The molecule has 0 N–H and O–H groups in total. The molecule has 0 bridgehead atoms. The van der Waals surface area contributed by atoms with Crippen LogP contribution in [-0.4, -0.2) is 22.6 Å². The van der Waals surface area contributed by atoms with E-state index in [1.807, 2.05) is 5.16 Å². The molecule has 0 unspecified atom stereocenters. The smallest absolute Gasteiger partial charge is 0.309 e. The van der Waals surface area contributed by atoms with Gasteiger partial charge in [0.1, 0.15) is 0 Å². The summed E-state index contributed by atoms with van der Waals surface area (Å²) in [6, 6.07) is 0.863. The average molecular weight is 287 g/mol. The summed E-state index contributed by atoms with van der Waals surface area (Å²) in [4.78, 5) is 20.1. The number of halogens is 3. The standard InChI is InChI=1S/C11H8F3N3OS/c12-11(13,14)7-4-8(10(15-5-7)16-6-19)17-3-1-2-9(17)18/h4-5H,1-3H2. The van der Waals surface area contributed by atoms with Crippen molar-refractivity contribution < 1.29 is 18.0 Å². The normalized spacial score (nSPS) is 15.5. The maximum atomic E-state index is 12.7. The Bertz CT molecular complexity index is 567. The van der Waals surface area contributed by atoms with Gasteiger partial charge in [-0.1, -0.05) is 0 Å². The third-order valence-electron chi connectivity index (χ3n) is 2.69. The van der Waals surface area contributed by atoms with E-state index in [-0.39, 0.29) is 17.4 Å². The Hall–Kier alpha value is -1.79. The van der Waals surface area contributed by atoms with Gasteiger partial charge in [0.05, 0.1) is 16.4 Å². The maximum absolute atomic E-state index is 12.7. The molecule has 0 atom stereocenters. The number of thiocarbonyl (C=S) groups is 1. The molecule has 1 aliphatic heterocycles. The third-order valence-corrected chi connectivity index (χ3v) is 2.78. The second-order valence-corrected chi connectivity index (χ2v) is 4.10. The van der Waals surface area contributed by atoms with Crippen molar-refractivity contribution in [3.8, 4) is 0 Å². The third kappa shape index (κ3) is 2.80. The quantitative estimate of drug-likeness (QED) is 0.620. The predicted molar refractivity (Wildman–Crippen MR) is 65.5 cm³/mol. The van der Waals surface area contributed by atoms with Crippen LogP contribution in [-0.2, 0) is 11.0 Å². The number of hydrogen-bond donors (Lipinski definition) is 0. The second-order valence-electron chi connectivity index (χ2n) is 3.92. The highest BCUT2D eigenvalue weighted by atomic mass is 32.1. The van der Waals surface area contributed by atoms with Gasteiger partial charge in [-0.3, -0.25) is 4.79 Å². The number of carbonyl (C=O) groups is 1. The highest BCUT2D eigenvalue weighted by Gasteiger charge is 2.33. The number of alkyl halides is 3. The molecule has 0 spiro atoms. The van der Waals surface area contributed by atoms with Crippen LogP contribution < -0.4 is 4.90 Å². The van der Waals surface area contributed by atoms with Crippen molar-refractivity contribution in [3.05, 3.63) is 17.8 Å². The highest BCUT2D eigenvalue weighted by Crippen LogP contribution is 2.36. The molecule has 19 heavy (non-hydrogen) atoms. The fourth-order valence-electron chi connectivity index (χ4n) is 1.83. The number of aromatic nitrogens is 1. The summed E-state index contributed by atoms with van der Waals surface area (Å²) in [6.45, 7) is 0.349. The number of isothiocyanates is 1. The van der Waals surface area contributed by atoms with Crippen molar-refractivity contribution in [2.45, 2.75) is 19.0 Å². The van der Waals surface area contributed by atoms with Gasteiger partial charge in [-0.15, -0.1) is 0 Å². The first-order chi connectivity index (χ1) is 8.93. The Morgan fingerprint density at radius 3 is 2.74 bits per heavy atom. The minimum Gasteiger partial charge on any atom is -0.309 e. The first kappa shape index (κ1) is 13.6. The number of pyridine rings is 1. The summed E-state index contributed by atoms with van der Waals surface area (Å²) < 4.78 is 38.0. The number of carbonyl (C=O) groups excluding carboxylic acids is 1. The molecule has 1 saturated heterocycles. The van der Waals surface area contributed by atoms with Crippen LogP contribution in [0.3, 0.4) is 0 Å². The molecule has 1 aromatic heterocycles. The molecule has 2 rings (SSSR count). The van der Waals surface area contributed by atoms with Crippen LogP contribution in [0, 0.1) is 0 Å². The van der Waals surface area contributed by atoms with E-state index < -0.39 is 11.7 Å². The van der Waals surface area contributed by atoms with E-state index in [1.165, 1.54) is 4.90 Å². The van der Waals surface area contributed by atoms with E-state index >= 15 is 0 Å². The Labute approximate surface area is 112 Å². The van der Waals surface area contributed by atoms with Crippen LogP contribution in [0.25, 0.3) is 0 Å². The van der Waals surface area contributed by atoms with Crippen LogP contribution in [0.4, 0.5) is 24.7 Å². The largest absolute Gasteiger partial charge is 0.417 e. The molecule has 1 fully saturated rings. The Kier molecular flexibility index (Phi) is 3.64. The molecule has 1 aromatic rings. The number of hydrogen-bond acceptors (Lipinski definition) is 4. The second kappa shape index (κ2) is 5.07. The number of anilines is 1. The fourth-order valence-corrected chi connectivity index (χ4v) is 1.92. The molecule has 0 aliphatic carbocycles. The number of nitrogens with zero attached hydrogens (tertiary/aromatic N) is 3. The van der Waals surface area contributed by atoms with Crippen molar-refractivity contribution in [3.63, 3.8) is 0 Å². The lowest BCUT2D eigenvalue weighted by Gasteiger charge is -2.18. The van der Waals surface area contributed by atoms with Crippen LogP contribution in [0.2, 0.25) is 0 Å². The van der Waals surface area contributed by atoms with Crippen molar-refractivity contribution in [2.24, 2.45) is 4.99 Å². The molecule has 8 heteroatoms. The lowest BCUT2D eigenvalue weighted by molar-refractivity contribution is -0.137. The number of amides is 1.